The van der Waals surface area contributed by atoms with Gasteiger partial charge in [-0.2, -0.15) is 5.10 Å². The Morgan fingerprint density at radius 3 is 2.40 bits per heavy atom. The van der Waals surface area contributed by atoms with Crippen molar-refractivity contribution in [1.82, 2.24) is 15.1 Å². The monoisotopic (exact) mass is 403 g/mol. The highest BCUT2D eigenvalue weighted by Crippen LogP contribution is 2.17. The maximum atomic E-state index is 12.7. The topological polar surface area (TPSA) is 71.3 Å². The molecule has 0 fully saturated rings. The van der Waals surface area contributed by atoms with Crippen LogP contribution in [0.3, 0.4) is 0 Å². The molecule has 0 spiro atoms. The van der Waals surface area contributed by atoms with Crippen molar-refractivity contribution in [1.29, 1.82) is 0 Å². The Balaban J connectivity index is 1.89. The maximum Gasteiger partial charge on any atom is 0.257 e. The van der Waals surface area contributed by atoms with Crippen molar-refractivity contribution >= 4 is 17.6 Å². The molecule has 0 unspecified atom stereocenters. The second kappa shape index (κ2) is 9.87. The fourth-order valence-electron chi connectivity index (χ4n) is 3.39. The first kappa shape index (κ1) is 21.3. The van der Waals surface area contributed by atoms with Gasteiger partial charge in [0.2, 0.25) is 5.96 Å². The van der Waals surface area contributed by atoms with Crippen molar-refractivity contribution in [3.63, 3.8) is 0 Å². The Kier molecular flexibility index (Phi) is 7.01. The van der Waals surface area contributed by atoms with Crippen LogP contribution in [0.1, 0.15) is 46.7 Å². The third kappa shape index (κ3) is 4.95. The van der Waals surface area contributed by atoms with Crippen LogP contribution in [0.15, 0.2) is 59.6 Å². The van der Waals surface area contributed by atoms with Gasteiger partial charge in [0.25, 0.3) is 5.91 Å². The molecule has 6 nitrogen and oxygen atoms in total. The van der Waals surface area contributed by atoms with E-state index >= 15 is 0 Å². The van der Waals surface area contributed by atoms with Gasteiger partial charge in [-0.3, -0.25) is 14.8 Å². The minimum Gasteiger partial charge on any atom is -0.326 e. The summed E-state index contributed by atoms with van der Waals surface area (Å²) in [7, 11) is 0. The van der Waals surface area contributed by atoms with Crippen LogP contribution in [0.4, 0.5) is 5.69 Å². The number of carbonyl (C=O) groups excluding carboxylic acids is 1. The number of nitrogens with one attached hydrogen (secondary N) is 2. The van der Waals surface area contributed by atoms with Gasteiger partial charge in [0.15, 0.2) is 0 Å². The van der Waals surface area contributed by atoms with E-state index in [9.17, 15) is 4.79 Å². The lowest BCUT2D eigenvalue weighted by Gasteiger charge is -2.14. The second-order valence-electron chi connectivity index (χ2n) is 7.09. The van der Waals surface area contributed by atoms with Crippen molar-refractivity contribution in [3.05, 3.63) is 82.7 Å². The first-order valence-corrected chi connectivity index (χ1v) is 10.3. The molecule has 3 rings (SSSR count). The second-order valence-corrected chi connectivity index (χ2v) is 7.09. The molecule has 3 aromatic rings. The number of hydrogen-bond acceptors (Lipinski definition) is 3. The van der Waals surface area contributed by atoms with Crippen molar-refractivity contribution in [2.75, 3.05) is 5.32 Å². The number of rotatable bonds is 6. The largest absolute Gasteiger partial charge is 0.326 e. The van der Waals surface area contributed by atoms with Gasteiger partial charge < -0.3 is 5.32 Å². The highest BCUT2D eigenvalue weighted by atomic mass is 16.1. The molecular formula is C24H29N5O. The summed E-state index contributed by atoms with van der Waals surface area (Å²) in [5.74, 6) is 0.223. The third-order valence-electron chi connectivity index (χ3n) is 5.15. The Bertz CT molecular complexity index is 1040. The van der Waals surface area contributed by atoms with Gasteiger partial charge in [-0.05, 0) is 51.0 Å². The molecule has 6 heteroatoms. The number of aromatic nitrogens is 2. The van der Waals surface area contributed by atoms with Crippen molar-refractivity contribution in [2.24, 2.45) is 4.99 Å². The average Bonchev–Trinajstić information content (AvgIpc) is 3.05. The number of guanidine groups is 1. The van der Waals surface area contributed by atoms with Crippen LogP contribution in [0.2, 0.25) is 0 Å². The number of carbonyl (C=O) groups is 1. The molecule has 156 valence electrons. The summed E-state index contributed by atoms with van der Waals surface area (Å²) in [4.78, 5) is 17.5. The minimum absolute atomic E-state index is 0.200. The highest BCUT2D eigenvalue weighted by molar-refractivity contribution is 6.10. The van der Waals surface area contributed by atoms with Gasteiger partial charge in [-0.15, -0.1) is 0 Å². The average molecular weight is 404 g/mol. The van der Waals surface area contributed by atoms with Crippen LogP contribution in [0.5, 0.6) is 0 Å². The summed E-state index contributed by atoms with van der Waals surface area (Å²) >= 11 is 0. The molecule has 0 aliphatic rings. The lowest BCUT2D eigenvalue weighted by Crippen LogP contribution is -2.36. The quantitative estimate of drug-likeness (QED) is 0.471. The lowest BCUT2D eigenvalue weighted by molar-refractivity contribution is 0.0977. The van der Waals surface area contributed by atoms with Gasteiger partial charge in [0.1, 0.15) is 0 Å². The normalized spacial score (nSPS) is 11.4. The van der Waals surface area contributed by atoms with E-state index in [2.05, 4.69) is 42.6 Å². The molecule has 1 aromatic heterocycles. The number of amides is 1. The van der Waals surface area contributed by atoms with Crippen LogP contribution < -0.4 is 10.6 Å². The number of anilines is 1. The van der Waals surface area contributed by atoms with E-state index in [-0.39, 0.29) is 5.91 Å². The van der Waals surface area contributed by atoms with E-state index in [4.69, 9.17) is 4.99 Å². The van der Waals surface area contributed by atoms with Gasteiger partial charge in [0, 0.05) is 29.1 Å². The first-order valence-electron chi connectivity index (χ1n) is 10.3. The van der Waals surface area contributed by atoms with Gasteiger partial charge >= 0.3 is 0 Å². The van der Waals surface area contributed by atoms with Gasteiger partial charge in [0.05, 0.1) is 12.2 Å². The number of benzene rings is 2. The number of hydrogen-bond donors (Lipinski definition) is 2. The Morgan fingerprint density at radius 1 is 1.03 bits per heavy atom. The predicted octanol–water partition coefficient (Wildman–Crippen LogP) is 4.48. The molecule has 0 bridgehead atoms. The zero-order valence-electron chi connectivity index (χ0n) is 18.1. The van der Waals surface area contributed by atoms with Crippen molar-refractivity contribution in [2.45, 2.75) is 47.2 Å². The highest BCUT2D eigenvalue weighted by Gasteiger charge is 2.13. The molecular weight excluding hydrogens is 374 g/mol. The van der Waals surface area contributed by atoms with Gasteiger partial charge in [-0.1, -0.05) is 43.3 Å². The molecule has 0 atom stereocenters. The van der Waals surface area contributed by atoms with Crippen molar-refractivity contribution < 1.29 is 4.79 Å². The number of aryl methyl sites for hydroxylation is 3. The Hall–Kier alpha value is -3.41. The molecule has 0 saturated carbocycles. The molecule has 1 heterocycles. The first-order chi connectivity index (χ1) is 14.5. The zero-order chi connectivity index (χ0) is 21.5. The molecule has 0 saturated heterocycles. The number of nitrogens with zero attached hydrogens (tertiary/aromatic N) is 3. The van der Waals surface area contributed by atoms with Crippen LogP contribution >= 0.6 is 0 Å². The molecule has 2 N–H and O–H groups in total. The third-order valence-corrected chi connectivity index (χ3v) is 5.15. The molecule has 1 amide bonds. The Labute approximate surface area is 178 Å². The zero-order valence-corrected chi connectivity index (χ0v) is 18.1. The molecule has 2 aromatic carbocycles. The van der Waals surface area contributed by atoms with E-state index in [1.807, 2.05) is 48.0 Å². The predicted molar refractivity (Wildman–Crippen MR) is 122 cm³/mol. The van der Waals surface area contributed by atoms with Crippen LogP contribution in [-0.4, -0.2) is 21.6 Å². The van der Waals surface area contributed by atoms with E-state index in [0.29, 0.717) is 18.1 Å². The van der Waals surface area contributed by atoms with Crippen LogP contribution in [0.25, 0.3) is 0 Å². The summed E-state index contributed by atoms with van der Waals surface area (Å²) in [5, 5.41) is 10.8. The molecule has 0 aliphatic carbocycles. The number of aliphatic imine (C=N–C) groups is 1. The van der Waals surface area contributed by atoms with Crippen LogP contribution in [0, 0.1) is 13.8 Å². The van der Waals surface area contributed by atoms with Crippen LogP contribution in [-0.2, 0) is 19.5 Å². The van der Waals surface area contributed by atoms with E-state index in [0.717, 1.165) is 41.2 Å². The molecule has 0 radical (unpaired) electrons. The summed E-state index contributed by atoms with van der Waals surface area (Å²) in [6.45, 7) is 9.47. The lowest BCUT2D eigenvalue weighted by atomic mass is 10.1. The minimum atomic E-state index is -0.200. The van der Waals surface area contributed by atoms with Gasteiger partial charge in [-0.25, -0.2) is 4.99 Å². The standard InChI is InChI=1S/C24H29N5O/c1-5-19-12-10-11-15-22(19)26-24(27-23(30)20-13-8-7-9-14-20)25-16-21-17(3)28-29(6-2)18(21)4/h7-15H,5-6,16H2,1-4H3,(H2,25,26,27,30). The van der Waals surface area contributed by atoms with E-state index in [1.54, 1.807) is 12.1 Å². The fraction of sp³-hybridized carbons (Fsp3) is 0.292. The number of para-hydroxylation sites is 1. The summed E-state index contributed by atoms with van der Waals surface area (Å²) < 4.78 is 1.97. The van der Waals surface area contributed by atoms with E-state index in [1.165, 1.54) is 0 Å². The summed E-state index contributed by atoms with van der Waals surface area (Å²) in [6.07, 6.45) is 0.880. The SMILES string of the molecule is CCc1ccccc1NC(=NCc1c(C)nn(CC)c1C)NC(=O)c1ccccc1. The molecule has 30 heavy (non-hydrogen) atoms. The maximum absolute atomic E-state index is 12.7. The van der Waals surface area contributed by atoms with E-state index < -0.39 is 0 Å². The smallest absolute Gasteiger partial charge is 0.257 e. The van der Waals surface area contributed by atoms with Crippen molar-refractivity contribution in [3.8, 4) is 0 Å². The molecule has 0 aliphatic heterocycles. The fourth-order valence-corrected chi connectivity index (χ4v) is 3.39. The Morgan fingerprint density at radius 2 is 1.73 bits per heavy atom. The summed E-state index contributed by atoms with van der Waals surface area (Å²) in [6, 6.07) is 17.2. The summed E-state index contributed by atoms with van der Waals surface area (Å²) in [5.41, 5.74) is 5.81.